The third-order valence-corrected chi connectivity index (χ3v) is 5.82. The minimum Gasteiger partial charge on any atom is -0.530 e. The molecular weight excluding hydrogens is 334 g/mol. The Morgan fingerprint density at radius 2 is 1.70 bits per heavy atom. The standard InChI is InChI=1S/C24H27NO2/c1-4-24(20-11-7-5-8-12-20,21-16-15-18(2)19(3)17-21)25(23(26)27)22-13-9-6-10-14-22/h1,5,7-8,11-12,15-17,22H,6,9-10,13-14H2,2-3H3,(H,26,27)/p-1. The summed E-state index contributed by atoms with van der Waals surface area (Å²) >= 11 is 0. The zero-order valence-electron chi connectivity index (χ0n) is 16.1. The fourth-order valence-corrected chi connectivity index (χ4v) is 4.23. The van der Waals surface area contributed by atoms with Gasteiger partial charge in [-0.1, -0.05) is 73.7 Å². The van der Waals surface area contributed by atoms with Crippen LogP contribution in [0.15, 0.2) is 48.5 Å². The maximum Gasteiger partial charge on any atom is 0.154 e. The molecule has 1 saturated carbocycles. The van der Waals surface area contributed by atoms with Gasteiger partial charge in [0.05, 0.1) is 0 Å². The van der Waals surface area contributed by atoms with Crippen molar-refractivity contribution in [2.45, 2.75) is 57.5 Å². The summed E-state index contributed by atoms with van der Waals surface area (Å²) in [6.07, 6.45) is 9.70. The SMILES string of the molecule is C#CC(c1ccccc1)(c1ccc(C)c(C)c1)N(C(=O)[O-])C1CCCCC1. The van der Waals surface area contributed by atoms with Gasteiger partial charge < -0.3 is 14.8 Å². The summed E-state index contributed by atoms with van der Waals surface area (Å²) in [4.78, 5) is 13.9. The van der Waals surface area contributed by atoms with Gasteiger partial charge in [0, 0.05) is 6.04 Å². The number of hydrogen-bond acceptors (Lipinski definition) is 2. The van der Waals surface area contributed by atoms with E-state index in [0.717, 1.165) is 54.4 Å². The normalized spacial score (nSPS) is 16.9. The molecule has 3 nitrogen and oxygen atoms in total. The molecule has 1 fully saturated rings. The lowest BCUT2D eigenvalue weighted by molar-refractivity contribution is -0.273. The Bertz CT molecular complexity index is 846. The van der Waals surface area contributed by atoms with E-state index < -0.39 is 11.6 Å². The second kappa shape index (κ2) is 7.88. The van der Waals surface area contributed by atoms with Gasteiger partial charge in [0.25, 0.3) is 0 Å². The summed E-state index contributed by atoms with van der Waals surface area (Å²) in [5.41, 5.74) is 2.63. The van der Waals surface area contributed by atoms with Gasteiger partial charge in [-0.05, 0) is 48.9 Å². The van der Waals surface area contributed by atoms with E-state index in [1.165, 1.54) is 4.90 Å². The number of nitrogens with zero attached hydrogens (tertiary/aromatic N) is 1. The number of terminal acetylenes is 1. The summed E-state index contributed by atoms with van der Waals surface area (Å²) in [5.74, 6) is 2.88. The number of carboxylic acid groups (broad SMARTS) is 1. The minimum absolute atomic E-state index is 0.137. The molecular formula is C24H26NO2-. The molecule has 1 unspecified atom stereocenters. The number of hydrogen-bond donors (Lipinski definition) is 0. The molecule has 0 spiro atoms. The number of benzene rings is 2. The first-order valence-corrected chi connectivity index (χ1v) is 9.62. The molecule has 0 bridgehead atoms. The molecule has 2 aromatic rings. The first-order chi connectivity index (χ1) is 13.0. The molecule has 0 heterocycles. The molecule has 1 amide bonds. The summed E-state index contributed by atoms with van der Waals surface area (Å²) in [6.45, 7) is 4.06. The fourth-order valence-electron chi connectivity index (χ4n) is 4.23. The van der Waals surface area contributed by atoms with E-state index in [2.05, 4.69) is 5.92 Å². The highest BCUT2D eigenvalue weighted by molar-refractivity contribution is 5.69. The van der Waals surface area contributed by atoms with Gasteiger partial charge >= 0.3 is 0 Å². The van der Waals surface area contributed by atoms with Crippen LogP contribution in [0.5, 0.6) is 0 Å². The molecule has 27 heavy (non-hydrogen) atoms. The van der Waals surface area contributed by atoms with Crippen molar-refractivity contribution in [2.24, 2.45) is 0 Å². The Morgan fingerprint density at radius 3 is 2.26 bits per heavy atom. The number of carbonyl (C=O) groups excluding carboxylic acids is 1. The molecule has 0 aromatic heterocycles. The van der Waals surface area contributed by atoms with Gasteiger partial charge in [-0.25, -0.2) is 0 Å². The van der Waals surface area contributed by atoms with Crippen LogP contribution in [0.3, 0.4) is 0 Å². The predicted octanol–water partition coefficient (Wildman–Crippen LogP) is 4.16. The Hall–Kier alpha value is -2.73. The Labute approximate surface area is 162 Å². The van der Waals surface area contributed by atoms with Crippen molar-refractivity contribution in [3.05, 3.63) is 70.8 Å². The van der Waals surface area contributed by atoms with E-state index in [9.17, 15) is 9.90 Å². The van der Waals surface area contributed by atoms with Crippen LogP contribution in [0.4, 0.5) is 4.79 Å². The zero-order chi connectivity index (χ0) is 19.4. The molecule has 1 aliphatic rings. The molecule has 3 heteroatoms. The van der Waals surface area contributed by atoms with Gasteiger partial charge in [-0.15, -0.1) is 6.42 Å². The Balaban J connectivity index is 2.26. The van der Waals surface area contributed by atoms with E-state index in [1.807, 2.05) is 62.4 Å². The third kappa shape index (κ3) is 3.45. The monoisotopic (exact) mass is 360 g/mol. The summed E-state index contributed by atoms with van der Waals surface area (Å²) < 4.78 is 0. The molecule has 0 saturated heterocycles. The molecule has 140 valence electrons. The lowest BCUT2D eigenvalue weighted by atomic mass is 9.78. The average Bonchev–Trinajstić information content (AvgIpc) is 2.69. The summed E-state index contributed by atoms with van der Waals surface area (Å²) in [7, 11) is 0. The van der Waals surface area contributed by atoms with Crippen molar-refractivity contribution in [2.75, 3.05) is 0 Å². The van der Waals surface area contributed by atoms with E-state index >= 15 is 0 Å². The van der Waals surface area contributed by atoms with E-state index in [4.69, 9.17) is 6.42 Å². The Kier molecular flexibility index (Phi) is 5.56. The number of aryl methyl sites for hydroxylation is 2. The van der Waals surface area contributed by atoms with Crippen LogP contribution >= 0.6 is 0 Å². The van der Waals surface area contributed by atoms with Crippen LogP contribution in [0.1, 0.15) is 54.4 Å². The lowest BCUT2D eigenvalue weighted by Gasteiger charge is -2.48. The molecule has 3 rings (SSSR count). The largest absolute Gasteiger partial charge is 0.530 e. The molecule has 1 atom stereocenters. The van der Waals surface area contributed by atoms with Crippen molar-refractivity contribution in [3.63, 3.8) is 0 Å². The Morgan fingerprint density at radius 1 is 1.04 bits per heavy atom. The second-order valence-corrected chi connectivity index (χ2v) is 7.45. The van der Waals surface area contributed by atoms with Crippen molar-refractivity contribution < 1.29 is 9.90 Å². The van der Waals surface area contributed by atoms with Crippen molar-refractivity contribution in [1.82, 2.24) is 4.90 Å². The third-order valence-electron chi connectivity index (χ3n) is 5.82. The van der Waals surface area contributed by atoms with E-state index in [1.54, 1.807) is 0 Å². The predicted molar refractivity (Wildman–Crippen MR) is 106 cm³/mol. The summed E-state index contributed by atoms with van der Waals surface area (Å²) in [6, 6.07) is 15.4. The van der Waals surface area contributed by atoms with Gasteiger partial charge in [-0.2, -0.15) is 0 Å². The molecule has 0 aliphatic heterocycles. The average molecular weight is 360 g/mol. The second-order valence-electron chi connectivity index (χ2n) is 7.45. The van der Waals surface area contributed by atoms with Crippen LogP contribution in [-0.4, -0.2) is 17.0 Å². The smallest absolute Gasteiger partial charge is 0.154 e. The molecule has 0 radical (unpaired) electrons. The molecule has 1 aliphatic carbocycles. The van der Waals surface area contributed by atoms with Crippen LogP contribution < -0.4 is 5.11 Å². The van der Waals surface area contributed by atoms with Crippen LogP contribution in [0.25, 0.3) is 0 Å². The first kappa shape index (κ1) is 19.0. The van der Waals surface area contributed by atoms with Crippen LogP contribution in [0.2, 0.25) is 0 Å². The highest BCUT2D eigenvalue weighted by atomic mass is 16.4. The van der Waals surface area contributed by atoms with Crippen molar-refractivity contribution in [1.29, 1.82) is 0 Å². The lowest BCUT2D eigenvalue weighted by Crippen LogP contribution is -2.59. The van der Waals surface area contributed by atoms with E-state index in [0.29, 0.717) is 0 Å². The number of carbonyl (C=O) groups is 1. The van der Waals surface area contributed by atoms with Crippen molar-refractivity contribution >= 4 is 6.09 Å². The van der Waals surface area contributed by atoms with Crippen LogP contribution in [-0.2, 0) is 5.54 Å². The van der Waals surface area contributed by atoms with Crippen molar-refractivity contribution in [3.8, 4) is 12.3 Å². The van der Waals surface area contributed by atoms with Gasteiger partial charge in [0.2, 0.25) is 0 Å². The number of rotatable bonds is 4. The zero-order valence-corrected chi connectivity index (χ0v) is 16.1. The highest BCUT2D eigenvalue weighted by Gasteiger charge is 2.43. The minimum atomic E-state index is -1.21. The molecule has 2 aromatic carbocycles. The number of amides is 1. The molecule has 0 N–H and O–H groups in total. The van der Waals surface area contributed by atoms with E-state index in [-0.39, 0.29) is 6.04 Å². The first-order valence-electron chi connectivity index (χ1n) is 9.62. The summed E-state index contributed by atoms with van der Waals surface area (Å²) in [5, 5.41) is 12.4. The maximum absolute atomic E-state index is 12.4. The van der Waals surface area contributed by atoms with Crippen LogP contribution in [0, 0.1) is 26.2 Å². The fraction of sp³-hybridized carbons (Fsp3) is 0.375. The maximum atomic E-state index is 12.4. The highest BCUT2D eigenvalue weighted by Crippen LogP contribution is 2.40. The van der Waals surface area contributed by atoms with Gasteiger partial charge in [0.1, 0.15) is 6.09 Å². The van der Waals surface area contributed by atoms with Gasteiger partial charge in [-0.3, -0.25) is 0 Å². The topological polar surface area (TPSA) is 43.4 Å². The quantitative estimate of drug-likeness (QED) is 0.769. The van der Waals surface area contributed by atoms with Gasteiger partial charge in [0.15, 0.2) is 5.54 Å².